The molecule has 1 aromatic heterocycles. The number of methoxy groups -OCH3 is 1. The second kappa shape index (κ2) is 6.97. The van der Waals surface area contributed by atoms with E-state index in [1.54, 1.807) is 25.4 Å². The van der Waals surface area contributed by atoms with Crippen molar-refractivity contribution in [1.82, 2.24) is 14.3 Å². The maximum atomic E-state index is 13.0. The van der Waals surface area contributed by atoms with Gasteiger partial charge in [-0.2, -0.15) is 9.29 Å². The van der Waals surface area contributed by atoms with Crippen LogP contribution in [0.15, 0.2) is 35.4 Å². The van der Waals surface area contributed by atoms with Gasteiger partial charge in [-0.3, -0.25) is 0 Å². The van der Waals surface area contributed by atoms with Crippen LogP contribution in [0.3, 0.4) is 0 Å². The number of aromatic nitrogens is 2. The molecule has 7 nitrogen and oxygen atoms in total. The van der Waals surface area contributed by atoms with Gasteiger partial charge in [0.2, 0.25) is 21.9 Å². The maximum absolute atomic E-state index is 13.0. The Hall–Kier alpha value is -2.19. The van der Waals surface area contributed by atoms with Crippen LogP contribution in [0.1, 0.15) is 11.1 Å². The second-order valence-corrected chi connectivity index (χ2v) is 7.97. The molecular formula is C17H22N4O3S. The first kappa shape index (κ1) is 17.6. The number of hydrogen-bond donors (Lipinski definition) is 0. The van der Waals surface area contributed by atoms with Gasteiger partial charge in [-0.25, -0.2) is 13.4 Å². The topological polar surface area (TPSA) is 75.6 Å². The Kier molecular flexibility index (Phi) is 4.91. The van der Waals surface area contributed by atoms with E-state index in [-0.39, 0.29) is 0 Å². The maximum Gasteiger partial charge on any atom is 0.243 e. The lowest BCUT2D eigenvalue weighted by Crippen LogP contribution is -2.49. The van der Waals surface area contributed by atoms with Gasteiger partial charge in [-0.1, -0.05) is 12.1 Å². The molecule has 0 spiro atoms. The molecule has 8 heteroatoms. The van der Waals surface area contributed by atoms with Crippen molar-refractivity contribution in [1.29, 1.82) is 0 Å². The van der Waals surface area contributed by atoms with Crippen molar-refractivity contribution < 1.29 is 13.2 Å². The third-order valence-electron chi connectivity index (χ3n) is 4.31. The number of benzene rings is 1. The zero-order chi connectivity index (χ0) is 18.0. The van der Waals surface area contributed by atoms with Crippen LogP contribution < -0.4 is 9.64 Å². The number of rotatable bonds is 4. The van der Waals surface area contributed by atoms with Crippen molar-refractivity contribution in [3.63, 3.8) is 0 Å². The minimum atomic E-state index is -3.49. The average molecular weight is 362 g/mol. The van der Waals surface area contributed by atoms with Crippen molar-refractivity contribution >= 4 is 16.0 Å². The highest BCUT2D eigenvalue weighted by Crippen LogP contribution is 2.23. The molecule has 1 aromatic carbocycles. The number of aryl methyl sites for hydroxylation is 2. The van der Waals surface area contributed by atoms with E-state index in [0.717, 1.165) is 11.1 Å². The number of piperazine rings is 1. The molecule has 1 aliphatic heterocycles. The SMILES string of the molecule is COc1ccnc(N2CCN(S(=O)(=O)c3cc(C)ccc3C)CC2)n1. The predicted molar refractivity (Wildman–Crippen MR) is 95.5 cm³/mol. The van der Waals surface area contributed by atoms with E-state index in [1.165, 1.54) is 4.31 Å². The van der Waals surface area contributed by atoms with E-state index < -0.39 is 10.0 Å². The molecule has 25 heavy (non-hydrogen) atoms. The zero-order valence-corrected chi connectivity index (χ0v) is 15.5. The van der Waals surface area contributed by atoms with Gasteiger partial charge in [0.15, 0.2) is 0 Å². The van der Waals surface area contributed by atoms with Crippen LogP contribution in [0.25, 0.3) is 0 Å². The molecule has 134 valence electrons. The summed E-state index contributed by atoms with van der Waals surface area (Å²) in [5, 5.41) is 0. The Labute approximate surface area is 148 Å². The fourth-order valence-corrected chi connectivity index (χ4v) is 4.58. The van der Waals surface area contributed by atoms with E-state index >= 15 is 0 Å². The first-order valence-electron chi connectivity index (χ1n) is 8.11. The van der Waals surface area contributed by atoms with E-state index in [4.69, 9.17) is 4.74 Å². The van der Waals surface area contributed by atoms with Crippen LogP contribution in [0, 0.1) is 13.8 Å². The number of nitrogens with zero attached hydrogens (tertiary/aromatic N) is 4. The normalized spacial score (nSPS) is 16.0. The molecular weight excluding hydrogens is 340 g/mol. The molecule has 0 amide bonds. The minimum absolute atomic E-state index is 0.388. The molecule has 1 aliphatic rings. The highest BCUT2D eigenvalue weighted by Gasteiger charge is 2.30. The summed E-state index contributed by atoms with van der Waals surface area (Å²) >= 11 is 0. The number of ether oxygens (including phenoxy) is 1. The van der Waals surface area contributed by atoms with Crippen LogP contribution >= 0.6 is 0 Å². The lowest BCUT2D eigenvalue weighted by atomic mass is 10.2. The third kappa shape index (κ3) is 3.59. The highest BCUT2D eigenvalue weighted by molar-refractivity contribution is 7.89. The molecule has 0 N–H and O–H groups in total. The van der Waals surface area contributed by atoms with Crippen LogP contribution in [-0.2, 0) is 10.0 Å². The van der Waals surface area contributed by atoms with Gasteiger partial charge < -0.3 is 9.64 Å². The molecule has 1 saturated heterocycles. The fourth-order valence-electron chi connectivity index (χ4n) is 2.85. The Morgan fingerprint density at radius 3 is 2.48 bits per heavy atom. The molecule has 0 saturated carbocycles. The van der Waals surface area contributed by atoms with Gasteiger partial charge in [0.25, 0.3) is 0 Å². The van der Waals surface area contributed by atoms with Crippen molar-refractivity contribution in [2.45, 2.75) is 18.7 Å². The van der Waals surface area contributed by atoms with Gasteiger partial charge in [-0.05, 0) is 31.0 Å². The van der Waals surface area contributed by atoms with E-state index in [2.05, 4.69) is 9.97 Å². The van der Waals surface area contributed by atoms with E-state index in [1.807, 2.05) is 30.9 Å². The summed E-state index contributed by atoms with van der Waals surface area (Å²) in [4.78, 5) is 10.9. The Morgan fingerprint density at radius 1 is 1.08 bits per heavy atom. The summed E-state index contributed by atoms with van der Waals surface area (Å²) in [5.41, 5.74) is 1.71. The standard InChI is InChI=1S/C17H22N4O3S/c1-13-4-5-14(2)15(12-13)25(22,23)21-10-8-20(9-11-21)17-18-7-6-16(19-17)24-3/h4-7,12H,8-11H2,1-3H3. The number of hydrogen-bond acceptors (Lipinski definition) is 6. The Morgan fingerprint density at radius 2 is 1.80 bits per heavy atom. The summed E-state index contributed by atoms with van der Waals surface area (Å²) in [7, 11) is -1.94. The van der Waals surface area contributed by atoms with Crippen LogP contribution in [0.4, 0.5) is 5.95 Å². The summed E-state index contributed by atoms with van der Waals surface area (Å²) < 4.78 is 32.6. The molecule has 0 aliphatic carbocycles. The van der Waals surface area contributed by atoms with Gasteiger partial charge in [0.05, 0.1) is 12.0 Å². The molecule has 0 atom stereocenters. The monoisotopic (exact) mass is 362 g/mol. The minimum Gasteiger partial charge on any atom is -0.481 e. The second-order valence-electron chi connectivity index (χ2n) is 6.06. The van der Waals surface area contributed by atoms with Crippen LogP contribution in [0.5, 0.6) is 5.88 Å². The molecule has 2 aromatic rings. The summed E-state index contributed by atoms with van der Waals surface area (Å²) in [6, 6.07) is 7.20. The molecule has 0 radical (unpaired) electrons. The van der Waals surface area contributed by atoms with Crippen LogP contribution in [-0.4, -0.2) is 56.0 Å². The first-order chi connectivity index (χ1) is 11.9. The third-order valence-corrected chi connectivity index (χ3v) is 6.35. The molecule has 3 rings (SSSR count). The van der Waals surface area contributed by atoms with Crippen molar-refractivity contribution in [3.8, 4) is 5.88 Å². The zero-order valence-electron chi connectivity index (χ0n) is 14.6. The Balaban J connectivity index is 1.76. The quantitative estimate of drug-likeness (QED) is 0.823. The number of anilines is 1. The van der Waals surface area contributed by atoms with Crippen molar-refractivity contribution in [2.75, 3.05) is 38.2 Å². The molecule has 2 heterocycles. The highest BCUT2D eigenvalue weighted by atomic mass is 32.2. The van der Waals surface area contributed by atoms with Gasteiger partial charge in [0, 0.05) is 38.4 Å². The largest absolute Gasteiger partial charge is 0.481 e. The van der Waals surface area contributed by atoms with Gasteiger partial charge in [-0.15, -0.1) is 0 Å². The predicted octanol–water partition coefficient (Wildman–Crippen LogP) is 1.61. The van der Waals surface area contributed by atoms with E-state index in [9.17, 15) is 8.42 Å². The fraction of sp³-hybridized carbons (Fsp3) is 0.412. The molecule has 0 bridgehead atoms. The summed E-state index contributed by atoms with van der Waals surface area (Å²) in [5.74, 6) is 1.05. The lowest BCUT2D eigenvalue weighted by Gasteiger charge is -2.34. The van der Waals surface area contributed by atoms with Gasteiger partial charge >= 0.3 is 0 Å². The summed E-state index contributed by atoms with van der Waals surface area (Å²) in [6.07, 6.45) is 1.64. The Bertz CT molecular complexity index is 862. The van der Waals surface area contributed by atoms with Crippen molar-refractivity contribution in [2.24, 2.45) is 0 Å². The van der Waals surface area contributed by atoms with E-state index in [0.29, 0.717) is 42.9 Å². The lowest BCUT2D eigenvalue weighted by molar-refractivity contribution is 0.377. The first-order valence-corrected chi connectivity index (χ1v) is 9.55. The summed E-state index contributed by atoms with van der Waals surface area (Å²) in [6.45, 7) is 5.60. The molecule has 1 fully saturated rings. The van der Waals surface area contributed by atoms with Crippen LogP contribution in [0.2, 0.25) is 0 Å². The van der Waals surface area contributed by atoms with Gasteiger partial charge in [0.1, 0.15) is 0 Å². The van der Waals surface area contributed by atoms with Crippen molar-refractivity contribution in [3.05, 3.63) is 41.6 Å². The molecule has 0 unspecified atom stereocenters. The average Bonchev–Trinajstić information content (AvgIpc) is 2.63. The number of sulfonamides is 1. The smallest absolute Gasteiger partial charge is 0.243 e.